The molecule has 5 nitrogen and oxygen atoms in total. The van der Waals surface area contributed by atoms with Gasteiger partial charge in [0.2, 0.25) is 5.88 Å². The highest BCUT2D eigenvalue weighted by Crippen LogP contribution is 2.06. The Morgan fingerprint density at radius 1 is 1.38 bits per heavy atom. The van der Waals surface area contributed by atoms with Crippen LogP contribution in [0.25, 0.3) is 0 Å². The van der Waals surface area contributed by atoms with Crippen LogP contribution in [0.3, 0.4) is 0 Å². The highest BCUT2D eigenvalue weighted by atomic mass is 16.5. The Hall–Kier alpha value is -1.20. The molecule has 0 aliphatic carbocycles. The number of aromatic nitrogens is 2. The van der Waals surface area contributed by atoms with Crippen molar-refractivity contribution in [2.45, 2.75) is 26.5 Å². The third kappa shape index (κ3) is 4.55. The molecule has 1 N–H and O–H groups in total. The summed E-state index contributed by atoms with van der Waals surface area (Å²) in [5.74, 6) is 0.532. The molecule has 16 heavy (non-hydrogen) atoms. The predicted molar refractivity (Wildman–Crippen MR) is 61.4 cm³/mol. The van der Waals surface area contributed by atoms with Gasteiger partial charge in [-0.05, 0) is 13.5 Å². The molecule has 1 aromatic heterocycles. The van der Waals surface area contributed by atoms with E-state index in [0.717, 1.165) is 18.8 Å². The molecular weight excluding hydrogens is 206 g/mol. The van der Waals surface area contributed by atoms with Gasteiger partial charge in [-0.2, -0.15) is 0 Å². The highest BCUT2D eigenvalue weighted by Gasteiger charge is 2.04. The summed E-state index contributed by atoms with van der Waals surface area (Å²) in [5.41, 5.74) is 0.911. The van der Waals surface area contributed by atoms with Crippen molar-refractivity contribution < 1.29 is 9.47 Å². The van der Waals surface area contributed by atoms with Crippen molar-refractivity contribution in [1.29, 1.82) is 0 Å². The Morgan fingerprint density at radius 3 is 2.75 bits per heavy atom. The van der Waals surface area contributed by atoms with Crippen molar-refractivity contribution in [2.24, 2.45) is 0 Å². The van der Waals surface area contributed by atoms with Crippen molar-refractivity contribution in [2.75, 3.05) is 20.3 Å². The monoisotopic (exact) mass is 225 g/mol. The molecule has 0 saturated carbocycles. The summed E-state index contributed by atoms with van der Waals surface area (Å²) in [6.07, 6.45) is 3.34. The molecule has 0 aromatic carbocycles. The van der Waals surface area contributed by atoms with E-state index in [9.17, 15) is 0 Å². The molecule has 90 valence electrons. The van der Waals surface area contributed by atoms with E-state index >= 15 is 0 Å². The van der Waals surface area contributed by atoms with E-state index in [0.29, 0.717) is 12.5 Å². The smallest absolute Gasteiger partial charge is 0.232 e. The third-order valence-corrected chi connectivity index (χ3v) is 1.96. The van der Waals surface area contributed by atoms with Gasteiger partial charge in [0.25, 0.3) is 0 Å². The lowest BCUT2D eigenvalue weighted by Gasteiger charge is -2.12. The Balaban J connectivity index is 2.44. The molecule has 0 aliphatic rings. The highest BCUT2D eigenvalue weighted by molar-refractivity contribution is 5.07. The second-order valence-corrected chi connectivity index (χ2v) is 3.51. The molecular formula is C11H19N3O2. The normalized spacial score (nSPS) is 12.4. The van der Waals surface area contributed by atoms with Gasteiger partial charge in [-0.1, -0.05) is 6.92 Å². The Bertz CT molecular complexity index is 290. The van der Waals surface area contributed by atoms with Gasteiger partial charge in [0, 0.05) is 13.7 Å². The van der Waals surface area contributed by atoms with E-state index in [4.69, 9.17) is 9.47 Å². The zero-order valence-electron chi connectivity index (χ0n) is 10.1. The zero-order chi connectivity index (χ0) is 11.8. The molecule has 0 amide bonds. The zero-order valence-corrected chi connectivity index (χ0v) is 10.1. The molecule has 5 heteroatoms. The molecule has 0 spiro atoms. The Kier molecular flexibility index (Phi) is 5.74. The first-order valence-electron chi connectivity index (χ1n) is 5.43. The van der Waals surface area contributed by atoms with Crippen molar-refractivity contribution in [3.8, 4) is 5.88 Å². The minimum Gasteiger partial charge on any atom is -0.471 e. The molecule has 0 aliphatic heterocycles. The molecule has 0 fully saturated rings. The maximum Gasteiger partial charge on any atom is 0.232 e. The van der Waals surface area contributed by atoms with Gasteiger partial charge in [-0.15, -0.1) is 0 Å². The second-order valence-electron chi connectivity index (χ2n) is 3.51. The largest absolute Gasteiger partial charge is 0.471 e. The quantitative estimate of drug-likeness (QED) is 0.750. The number of hydrogen-bond donors (Lipinski definition) is 1. The lowest BCUT2D eigenvalue weighted by atomic mass is 10.4. The van der Waals surface area contributed by atoms with E-state index in [1.807, 2.05) is 6.92 Å². The summed E-state index contributed by atoms with van der Waals surface area (Å²) < 4.78 is 10.5. The summed E-state index contributed by atoms with van der Waals surface area (Å²) in [6, 6.07) is 0. The van der Waals surface area contributed by atoms with Crippen LogP contribution in [0, 0.1) is 0 Å². The van der Waals surface area contributed by atoms with Gasteiger partial charge in [-0.3, -0.25) is 4.98 Å². The fourth-order valence-electron chi connectivity index (χ4n) is 1.22. The summed E-state index contributed by atoms with van der Waals surface area (Å²) in [4.78, 5) is 8.41. The molecule has 0 bridgehead atoms. The number of ether oxygens (including phenoxy) is 2. The molecule has 1 rings (SSSR count). The number of rotatable bonds is 7. The third-order valence-electron chi connectivity index (χ3n) is 1.96. The fraction of sp³-hybridized carbons (Fsp3) is 0.636. The maximum atomic E-state index is 5.50. The minimum atomic E-state index is -0.0149. The van der Waals surface area contributed by atoms with E-state index in [1.54, 1.807) is 19.5 Å². The summed E-state index contributed by atoms with van der Waals surface area (Å²) >= 11 is 0. The number of nitrogens with one attached hydrogen (secondary N) is 1. The van der Waals surface area contributed by atoms with E-state index < -0.39 is 0 Å². The van der Waals surface area contributed by atoms with Gasteiger partial charge in [0.1, 0.15) is 6.10 Å². The van der Waals surface area contributed by atoms with Crippen LogP contribution in [0.2, 0.25) is 0 Å². The number of hydrogen-bond acceptors (Lipinski definition) is 5. The van der Waals surface area contributed by atoms with Gasteiger partial charge >= 0.3 is 0 Å². The topological polar surface area (TPSA) is 56.3 Å². The standard InChI is InChI=1S/C11H19N3O2/c1-4-12-5-10-6-14-11(7-13-10)16-9(2)8-15-3/h6-7,9,12H,4-5,8H2,1-3H3. The van der Waals surface area contributed by atoms with Crippen LogP contribution in [0.15, 0.2) is 12.4 Å². The molecule has 1 heterocycles. The second kappa shape index (κ2) is 7.14. The molecule has 1 aromatic rings. The van der Waals surface area contributed by atoms with Crippen LogP contribution >= 0.6 is 0 Å². The lowest BCUT2D eigenvalue weighted by Crippen LogP contribution is -2.19. The molecule has 1 unspecified atom stereocenters. The summed E-state index contributed by atoms with van der Waals surface area (Å²) in [6.45, 7) is 6.18. The van der Waals surface area contributed by atoms with Crippen LogP contribution in [0.1, 0.15) is 19.5 Å². The van der Waals surface area contributed by atoms with Gasteiger partial charge < -0.3 is 14.8 Å². The first-order valence-corrected chi connectivity index (χ1v) is 5.43. The van der Waals surface area contributed by atoms with Crippen molar-refractivity contribution >= 4 is 0 Å². The van der Waals surface area contributed by atoms with Crippen molar-refractivity contribution in [3.05, 3.63) is 18.1 Å². The lowest BCUT2D eigenvalue weighted by molar-refractivity contribution is 0.0886. The van der Waals surface area contributed by atoms with Crippen molar-refractivity contribution in [3.63, 3.8) is 0 Å². The summed E-state index contributed by atoms with van der Waals surface area (Å²) in [5, 5.41) is 3.18. The Labute approximate surface area is 96.2 Å². The van der Waals surface area contributed by atoms with E-state index in [1.165, 1.54) is 0 Å². The van der Waals surface area contributed by atoms with Crippen molar-refractivity contribution in [1.82, 2.24) is 15.3 Å². The minimum absolute atomic E-state index is 0.0149. The van der Waals surface area contributed by atoms with E-state index in [-0.39, 0.29) is 6.10 Å². The van der Waals surface area contributed by atoms with Crippen LogP contribution < -0.4 is 10.1 Å². The number of nitrogens with zero attached hydrogens (tertiary/aromatic N) is 2. The molecule has 0 saturated heterocycles. The van der Waals surface area contributed by atoms with Crippen LogP contribution in [0.5, 0.6) is 5.88 Å². The molecule has 1 atom stereocenters. The SMILES string of the molecule is CCNCc1cnc(OC(C)COC)cn1. The first-order chi connectivity index (χ1) is 7.76. The molecule has 0 radical (unpaired) electrons. The average molecular weight is 225 g/mol. The van der Waals surface area contributed by atoms with Crippen LogP contribution in [0.4, 0.5) is 0 Å². The Morgan fingerprint density at radius 2 is 2.19 bits per heavy atom. The fourth-order valence-corrected chi connectivity index (χ4v) is 1.22. The predicted octanol–water partition coefficient (Wildman–Crippen LogP) is 1.000. The van der Waals surface area contributed by atoms with Gasteiger partial charge in [0.15, 0.2) is 0 Å². The van der Waals surface area contributed by atoms with Gasteiger partial charge in [-0.25, -0.2) is 4.98 Å². The maximum absolute atomic E-state index is 5.50. The summed E-state index contributed by atoms with van der Waals surface area (Å²) in [7, 11) is 1.64. The van der Waals surface area contributed by atoms with E-state index in [2.05, 4.69) is 22.2 Å². The average Bonchev–Trinajstić information content (AvgIpc) is 2.28. The number of methoxy groups -OCH3 is 1. The first kappa shape index (κ1) is 12.9. The van der Waals surface area contributed by atoms with Crippen LogP contribution in [-0.2, 0) is 11.3 Å². The van der Waals surface area contributed by atoms with Gasteiger partial charge in [0.05, 0.1) is 24.7 Å². The van der Waals surface area contributed by atoms with Crippen LogP contribution in [-0.4, -0.2) is 36.3 Å².